The molecule has 1 fully saturated rings. The summed E-state index contributed by atoms with van der Waals surface area (Å²) in [6.45, 7) is 1.60. The molecule has 0 aliphatic heterocycles. The van der Waals surface area contributed by atoms with Crippen LogP contribution in [-0.2, 0) is 4.79 Å². The zero-order valence-electron chi connectivity index (χ0n) is 12.1. The topological polar surface area (TPSA) is 66.4 Å². The van der Waals surface area contributed by atoms with E-state index < -0.39 is 11.9 Å². The van der Waals surface area contributed by atoms with E-state index in [4.69, 9.17) is 0 Å². The van der Waals surface area contributed by atoms with E-state index in [0.717, 1.165) is 19.3 Å². The number of aryl methyl sites for hydroxylation is 1. The number of carboxylic acid groups (broad SMARTS) is 1. The first kappa shape index (κ1) is 15.5. The lowest BCUT2D eigenvalue weighted by Crippen LogP contribution is -2.42. The van der Waals surface area contributed by atoms with Crippen molar-refractivity contribution in [2.24, 2.45) is 5.92 Å². The van der Waals surface area contributed by atoms with E-state index in [-0.39, 0.29) is 17.8 Å². The molecule has 1 saturated carbocycles. The molecule has 1 aromatic carbocycles. The maximum Gasteiger partial charge on any atom is 0.308 e. The number of aliphatic carboxylic acids is 1. The summed E-state index contributed by atoms with van der Waals surface area (Å²) >= 11 is 0. The second kappa shape index (κ2) is 6.70. The van der Waals surface area contributed by atoms with Gasteiger partial charge in [-0.05, 0) is 43.5 Å². The van der Waals surface area contributed by atoms with E-state index in [1.165, 1.54) is 18.2 Å². The molecule has 5 heteroatoms. The van der Waals surface area contributed by atoms with Crippen LogP contribution in [0.1, 0.15) is 48.0 Å². The Bertz CT molecular complexity index is 544. The number of hydrogen-bond donors (Lipinski definition) is 2. The summed E-state index contributed by atoms with van der Waals surface area (Å²) in [7, 11) is 0. The van der Waals surface area contributed by atoms with Crippen LogP contribution in [0.3, 0.4) is 0 Å². The highest BCUT2D eigenvalue weighted by Gasteiger charge is 2.30. The minimum Gasteiger partial charge on any atom is -0.481 e. The number of benzene rings is 1. The standard InChI is InChI=1S/C16H20FNO3/c1-10-9-11(7-8-13(10)17)15(19)18-14-6-4-2-3-5-12(14)16(20)21/h7-9,12,14H,2-6H2,1H3,(H,18,19)(H,20,21)/t12-,14+/m1/s1. The van der Waals surface area contributed by atoms with Gasteiger partial charge in [0.25, 0.3) is 5.91 Å². The van der Waals surface area contributed by atoms with Gasteiger partial charge < -0.3 is 10.4 Å². The van der Waals surface area contributed by atoms with Gasteiger partial charge in [0.1, 0.15) is 5.82 Å². The fourth-order valence-electron chi connectivity index (χ4n) is 2.81. The van der Waals surface area contributed by atoms with Crippen molar-refractivity contribution in [2.45, 2.75) is 45.1 Å². The molecule has 0 heterocycles. The number of hydrogen-bond acceptors (Lipinski definition) is 2. The highest BCUT2D eigenvalue weighted by molar-refractivity contribution is 5.94. The minimum absolute atomic E-state index is 0.337. The summed E-state index contributed by atoms with van der Waals surface area (Å²) in [5.41, 5.74) is 0.764. The Morgan fingerprint density at radius 2 is 1.95 bits per heavy atom. The van der Waals surface area contributed by atoms with Crippen LogP contribution in [0.25, 0.3) is 0 Å². The van der Waals surface area contributed by atoms with Crippen LogP contribution < -0.4 is 5.32 Å². The zero-order chi connectivity index (χ0) is 15.4. The predicted molar refractivity (Wildman–Crippen MR) is 76.6 cm³/mol. The molecular formula is C16H20FNO3. The quantitative estimate of drug-likeness (QED) is 0.842. The van der Waals surface area contributed by atoms with Gasteiger partial charge >= 0.3 is 5.97 Å². The van der Waals surface area contributed by atoms with E-state index in [1.807, 2.05) is 0 Å². The minimum atomic E-state index is -0.863. The van der Waals surface area contributed by atoms with Crippen molar-refractivity contribution >= 4 is 11.9 Å². The van der Waals surface area contributed by atoms with Crippen LogP contribution in [-0.4, -0.2) is 23.0 Å². The molecule has 1 aliphatic rings. The van der Waals surface area contributed by atoms with Gasteiger partial charge in [0.15, 0.2) is 0 Å². The summed E-state index contributed by atoms with van der Waals surface area (Å²) in [6, 6.07) is 3.80. The molecule has 21 heavy (non-hydrogen) atoms. The Balaban J connectivity index is 2.12. The third-order valence-corrected chi connectivity index (χ3v) is 4.07. The van der Waals surface area contributed by atoms with E-state index in [2.05, 4.69) is 5.32 Å². The first-order valence-corrected chi connectivity index (χ1v) is 7.29. The smallest absolute Gasteiger partial charge is 0.308 e. The van der Waals surface area contributed by atoms with Gasteiger partial charge in [-0.1, -0.05) is 19.3 Å². The molecule has 4 nitrogen and oxygen atoms in total. The molecule has 0 aromatic heterocycles. The maximum atomic E-state index is 13.2. The summed E-state index contributed by atoms with van der Waals surface area (Å²) in [6.07, 6.45) is 4.04. The number of nitrogens with one attached hydrogen (secondary N) is 1. The molecular weight excluding hydrogens is 273 g/mol. The SMILES string of the molecule is Cc1cc(C(=O)N[C@H]2CCCCC[C@H]2C(=O)O)ccc1F. The molecule has 0 saturated heterocycles. The van der Waals surface area contributed by atoms with Crippen molar-refractivity contribution < 1.29 is 19.1 Å². The van der Waals surface area contributed by atoms with Crippen molar-refractivity contribution in [3.05, 3.63) is 35.1 Å². The first-order chi connectivity index (χ1) is 9.99. The molecule has 0 bridgehead atoms. The lowest BCUT2D eigenvalue weighted by atomic mass is 9.94. The molecule has 2 N–H and O–H groups in total. The highest BCUT2D eigenvalue weighted by Crippen LogP contribution is 2.24. The average Bonchev–Trinajstić information content (AvgIpc) is 2.67. The van der Waals surface area contributed by atoms with Gasteiger partial charge in [-0.15, -0.1) is 0 Å². The number of carbonyl (C=O) groups excluding carboxylic acids is 1. The lowest BCUT2D eigenvalue weighted by Gasteiger charge is -2.23. The number of carboxylic acids is 1. The number of carbonyl (C=O) groups is 2. The van der Waals surface area contributed by atoms with Gasteiger partial charge in [-0.2, -0.15) is 0 Å². The predicted octanol–water partition coefficient (Wildman–Crippen LogP) is 2.90. The molecule has 2 atom stereocenters. The fourth-order valence-corrected chi connectivity index (χ4v) is 2.81. The molecule has 1 amide bonds. The molecule has 1 aliphatic carbocycles. The first-order valence-electron chi connectivity index (χ1n) is 7.29. The molecule has 2 rings (SSSR count). The third-order valence-electron chi connectivity index (χ3n) is 4.07. The fraction of sp³-hybridized carbons (Fsp3) is 0.500. The van der Waals surface area contributed by atoms with Gasteiger partial charge in [0.2, 0.25) is 0 Å². The van der Waals surface area contributed by atoms with E-state index >= 15 is 0 Å². The highest BCUT2D eigenvalue weighted by atomic mass is 19.1. The van der Waals surface area contributed by atoms with Crippen LogP contribution in [0.2, 0.25) is 0 Å². The lowest BCUT2D eigenvalue weighted by molar-refractivity contribution is -0.142. The normalized spacial score (nSPS) is 22.4. The van der Waals surface area contributed by atoms with Crippen LogP contribution in [0.15, 0.2) is 18.2 Å². The second-order valence-corrected chi connectivity index (χ2v) is 5.63. The summed E-state index contributed by atoms with van der Waals surface area (Å²) < 4.78 is 13.2. The second-order valence-electron chi connectivity index (χ2n) is 5.63. The van der Waals surface area contributed by atoms with Crippen molar-refractivity contribution in [3.8, 4) is 0 Å². The largest absolute Gasteiger partial charge is 0.481 e. The van der Waals surface area contributed by atoms with Gasteiger partial charge in [-0.25, -0.2) is 4.39 Å². The number of halogens is 1. The van der Waals surface area contributed by atoms with Crippen LogP contribution in [0.5, 0.6) is 0 Å². The van der Waals surface area contributed by atoms with Gasteiger partial charge in [0, 0.05) is 11.6 Å². The van der Waals surface area contributed by atoms with E-state index in [0.29, 0.717) is 24.0 Å². The molecule has 0 radical (unpaired) electrons. The maximum absolute atomic E-state index is 13.2. The van der Waals surface area contributed by atoms with Crippen LogP contribution in [0.4, 0.5) is 4.39 Å². The average molecular weight is 293 g/mol. The Morgan fingerprint density at radius 1 is 1.24 bits per heavy atom. The number of rotatable bonds is 3. The Hall–Kier alpha value is -1.91. The summed E-state index contributed by atoms with van der Waals surface area (Å²) in [5.74, 6) is -2.10. The molecule has 0 spiro atoms. The number of amides is 1. The Morgan fingerprint density at radius 3 is 2.62 bits per heavy atom. The van der Waals surface area contributed by atoms with Crippen molar-refractivity contribution in [2.75, 3.05) is 0 Å². The molecule has 1 aromatic rings. The Labute approximate surface area is 123 Å². The third kappa shape index (κ3) is 3.80. The van der Waals surface area contributed by atoms with E-state index in [1.54, 1.807) is 6.92 Å². The van der Waals surface area contributed by atoms with E-state index in [9.17, 15) is 19.1 Å². The monoisotopic (exact) mass is 293 g/mol. The van der Waals surface area contributed by atoms with Crippen LogP contribution >= 0.6 is 0 Å². The van der Waals surface area contributed by atoms with Crippen molar-refractivity contribution in [1.82, 2.24) is 5.32 Å². The van der Waals surface area contributed by atoms with Gasteiger partial charge in [0.05, 0.1) is 5.92 Å². The summed E-state index contributed by atoms with van der Waals surface area (Å²) in [5, 5.41) is 12.1. The van der Waals surface area contributed by atoms with Crippen molar-refractivity contribution in [3.63, 3.8) is 0 Å². The summed E-state index contributed by atoms with van der Waals surface area (Å²) in [4.78, 5) is 23.6. The Kier molecular flexibility index (Phi) is 4.94. The van der Waals surface area contributed by atoms with Crippen molar-refractivity contribution in [1.29, 1.82) is 0 Å². The molecule has 0 unspecified atom stereocenters. The van der Waals surface area contributed by atoms with Gasteiger partial charge in [-0.3, -0.25) is 9.59 Å². The van der Waals surface area contributed by atoms with Crippen LogP contribution in [0, 0.1) is 18.7 Å². The molecule has 114 valence electrons. The zero-order valence-corrected chi connectivity index (χ0v) is 12.1.